The number of rotatable bonds is 9. The molecule has 3 N–H and O–H groups in total. The summed E-state index contributed by atoms with van der Waals surface area (Å²) in [6, 6.07) is 46.0. The van der Waals surface area contributed by atoms with Gasteiger partial charge in [-0.05, 0) is 39.9 Å². The summed E-state index contributed by atoms with van der Waals surface area (Å²) in [4.78, 5) is 49.4. The third-order valence-corrected chi connectivity index (χ3v) is 9.01. The molecular formula is C40H32N4O3. The molecule has 1 aliphatic rings. The molecule has 0 bridgehead atoms. The van der Waals surface area contributed by atoms with E-state index >= 15 is 0 Å². The van der Waals surface area contributed by atoms with Gasteiger partial charge in [-0.3, -0.25) is 14.4 Å². The molecular weight excluding hydrogens is 584 g/mol. The van der Waals surface area contributed by atoms with E-state index in [-0.39, 0.29) is 0 Å². The lowest BCUT2D eigenvalue weighted by molar-refractivity contribution is -0.135. The van der Waals surface area contributed by atoms with Crippen molar-refractivity contribution in [2.75, 3.05) is 5.32 Å². The van der Waals surface area contributed by atoms with Crippen LogP contribution in [-0.2, 0) is 19.8 Å². The Kier molecular flexibility index (Phi) is 8.02. The third-order valence-electron chi connectivity index (χ3n) is 9.01. The number of nitrogens with one attached hydrogen (secondary N) is 3. The normalized spacial score (nSPS) is 16.8. The van der Waals surface area contributed by atoms with Gasteiger partial charge in [0.1, 0.15) is 0 Å². The number of hydrogen-bond donors (Lipinski definition) is 3. The monoisotopic (exact) mass is 616 g/mol. The molecule has 230 valence electrons. The lowest BCUT2D eigenvalue weighted by atomic mass is 9.58. The number of Topliss-reactive ketones (excluding diaryl/α,β-unsaturated/α-hetero) is 1. The fourth-order valence-electron chi connectivity index (χ4n) is 6.94. The van der Waals surface area contributed by atoms with Crippen LogP contribution in [0.3, 0.4) is 0 Å². The highest BCUT2D eigenvalue weighted by Crippen LogP contribution is 2.51. The van der Waals surface area contributed by atoms with Crippen molar-refractivity contribution >= 4 is 23.3 Å². The maximum atomic E-state index is 14.5. The van der Waals surface area contributed by atoms with Gasteiger partial charge >= 0.3 is 0 Å². The zero-order chi connectivity index (χ0) is 32.2. The number of H-pyrrole nitrogens is 1. The summed E-state index contributed by atoms with van der Waals surface area (Å²) in [5.41, 5.74) is 4.97. The Morgan fingerprint density at radius 3 is 1.64 bits per heavy atom. The van der Waals surface area contributed by atoms with Gasteiger partial charge in [-0.25, -0.2) is 4.98 Å². The Labute approximate surface area is 272 Å². The number of anilines is 1. The molecule has 6 aromatic rings. The smallest absolute Gasteiger partial charge is 0.244 e. The van der Waals surface area contributed by atoms with Crippen LogP contribution < -0.4 is 10.6 Å². The van der Waals surface area contributed by atoms with Crippen LogP contribution in [0.25, 0.3) is 11.1 Å². The Morgan fingerprint density at radius 1 is 0.660 bits per heavy atom. The van der Waals surface area contributed by atoms with E-state index in [0.29, 0.717) is 11.4 Å². The van der Waals surface area contributed by atoms with Crippen molar-refractivity contribution in [2.45, 2.75) is 17.4 Å². The minimum absolute atomic E-state index is 0.496. The number of carbonyl (C=O) groups is 3. The molecule has 5 aromatic carbocycles. The highest BCUT2D eigenvalue weighted by molar-refractivity contribution is 6.26. The Morgan fingerprint density at radius 2 is 1.15 bits per heavy atom. The first-order chi connectivity index (χ1) is 23.1. The van der Waals surface area contributed by atoms with Crippen molar-refractivity contribution in [3.05, 3.63) is 181 Å². The van der Waals surface area contributed by atoms with Gasteiger partial charge in [-0.2, -0.15) is 0 Å². The molecule has 2 amide bonds. The van der Waals surface area contributed by atoms with Gasteiger partial charge in [0.2, 0.25) is 11.8 Å². The number of imidazole rings is 1. The zero-order valence-electron chi connectivity index (χ0n) is 25.4. The summed E-state index contributed by atoms with van der Waals surface area (Å²) in [6.07, 6.45) is 3.26. The standard InChI is InChI=1S/C40H32N4O3/c45-37-34(38(46)43-32-23-21-28(22-24-32)27-13-5-1-6-14-27)39(47)44-36(37)35(33-25-41-26-42-33)40(29-15-7-2-8-16-29,30-17-9-3-10-18-30)31-19-11-4-12-20-31/h1-26,34-36H,(H,41,42)(H,43,46)(H,44,47). The number of carbonyl (C=O) groups excluding carboxylic acids is 3. The van der Waals surface area contributed by atoms with Crippen molar-refractivity contribution in [1.29, 1.82) is 0 Å². The molecule has 1 aromatic heterocycles. The first-order valence-corrected chi connectivity index (χ1v) is 15.5. The first kappa shape index (κ1) is 29.6. The Balaban J connectivity index is 1.30. The molecule has 0 aliphatic carbocycles. The molecule has 0 saturated carbocycles. The van der Waals surface area contributed by atoms with Gasteiger partial charge in [-0.15, -0.1) is 0 Å². The lowest BCUT2D eigenvalue weighted by Gasteiger charge is -2.44. The highest BCUT2D eigenvalue weighted by atomic mass is 16.2. The van der Waals surface area contributed by atoms with Crippen molar-refractivity contribution in [3.8, 4) is 11.1 Å². The predicted molar refractivity (Wildman–Crippen MR) is 181 cm³/mol. The van der Waals surface area contributed by atoms with Crippen molar-refractivity contribution in [3.63, 3.8) is 0 Å². The summed E-state index contributed by atoms with van der Waals surface area (Å²) in [6.45, 7) is 0. The Hall–Kier alpha value is -6.08. The topological polar surface area (TPSA) is 104 Å². The van der Waals surface area contributed by atoms with Gasteiger partial charge in [0.15, 0.2) is 11.7 Å². The number of hydrogen-bond acceptors (Lipinski definition) is 4. The lowest BCUT2D eigenvalue weighted by Crippen LogP contribution is -2.48. The highest BCUT2D eigenvalue weighted by Gasteiger charge is 2.56. The molecule has 1 fully saturated rings. The average molecular weight is 617 g/mol. The van der Waals surface area contributed by atoms with E-state index in [4.69, 9.17) is 0 Å². The average Bonchev–Trinajstić information content (AvgIpc) is 3.76. The second-order valence-corrected chi connectivity index (χ2v) is 11.6. The summed E-state index contributed by atoms with van der Waals surface area (Å²) >= 11 is 0. The molecule has 7 heteroatoms. The van der Waals surface area contributed by atoms with Crippen LogP contribution in [0.2, 0.25) is 0 Å². The van der Waals surface area contributed by atoms with Crippen molar-refractivity contribution in [1.82, 2.24) is 15.3 Å². The maximum Gasteiger partial charge on any atom is 0.244 e. The van der Waals surface area contributed by atoms with Crippen LogP contribution in [0.15, 0.2) is 158 Å². The van der Waals surface area contributed by atoms with Crippen LogP contribution in [0, 0.1) is 5.92 Å². The minimum Gasteiger partial charge on any atom is -0.348 e. The van der Waals surface area contributed by atoms with Crippen LogP contribution >= 0.6 is 0 Å². The number of aromatic amines is 1. The van der Waals surface area contributed by atoms with Crippen LogP contribution in [0.4, 0.5) is 5.69 Å². The fourth-order valence-corrected chi connectivity index (χ4v) is 6.94. The molecule has 3 unspecified atom stereocenters. The number of nitrogens with zero attached hydrogens (tertiary/aromatic N) is 1. The second-order valence-electron chi connectivity index (χ2n) is 11.6. The summed E-state index contributed by atoms with van der Waals surface area (Å²) in [5, 5.41) is 5.77. The largest absolute Gasteiger partial charge is 0.348 e. The molecule has 0 spiro atoms. The van der Waals surface area contributed by atoms with E-state index in [1.165, 1.54) is 0 Å². The molecule has 2 heterocycles. The van der Waals surface area contributed by atoms with Gasteiger partial charge in [-0.1, -0.05) is 133 Å². The van der Waals surface area contributed by atoms with E-state index in [1.807, 2.05) is 133 Å². The third kappa shape index (κ3) is 5.42. The first-order valence-electron chi connectivity index (χ1n) is 15.5. The summed E-state index contributed by atoms with van der Waals surface area (Å²) in [7, 11) is 0. The number of benzene rings is 5. The van der Waals surface area contributed by atoms with Crippen LogP contribution in [0.1, 0.15) is 28.3 Å². The SMILES string of the molecule is O=C(Nc1ccc(-c2ccccc2)cc1)C1C(=O)NC(C(c2cnc[nH]2)C(c2ccccc2)(c2ccccc2)c2ccccc2)C1=O. The minimum atomic E-state index is -1.53. The molecule has 7 rings (SSSR count). The predicted octanol–water partition coefficient (Wildman–Crippen LogP) is 6.52. The molecule has 1 saturated heterocycles. The quantitative estimate of drug-likeness (QED) is 0.127. The second kappa shape index (κ2) is 12.7. The summed E-state index contributed by atoms with van der Waals surface area (Å²) in [5.74, 6) is -4.03. The zero-order valence-corrected chi connectivity index (χ0v) is 25.4. The summed E-state index contributed by atoms with van der Waals surface area (Å²) < 4.78 is 0. The number of ketones is 1. The number of aromatic nitrogens is 2. The fraction of sp³-hybridized carbons (Fsp3) is 0.100. The van der Waals surface area contributed by atoms with E-state index < -0.39 is 40.9 Å². The van der Waals surface area contributed by atoms with E-state index in [1.54, 1.807) is 24.7 Å². The number of amides is 2. The van der Waals surface area contributed by atoms with Crippen molar-refractivity contribution in [2.24, 2.45) is 5.92 Å². The molecule has 7 nitrogen and oxygen atoms in total. The van der Waals surface area contributed by atoms with Crippen LogP contribution in [0.5, 0.6) is 0 Å². The van der Waals surface area contributed by atoms with Crippen LogP contribution in [-0.4, -0.2) is 33.6 Å². The van der Waals surface area contributed by atoms with Gasteiger partial charge in [0.25, 0.3) is 0 Å². The van der Waals surface area contributed by atoms with E-state index in [9.17, 15) is 14.4 Å². The maximum absolute atomic E-state index is 14.5. The molecule has 0 radical (unpaired) electrons. The molecule has 1 aliphatic heterocycles. The molecule has 47 heavy (non-hydrogen) atoms. The van der Waals surface area contributed by atoms with Gasteiger partial charge < -0.3 is 15.6 Å². The van der Waals surface area contributed by atoms with E-state index in [0.717, 1.165) is 27.8 Å². The van der Waals surface area contributed by atoms with E-state index in [2.05, 4.69) is 20.6 Å². The van der Waals surface area contributed by atoms with Gasteiger partial charge in [0, 0.05) is 23.5 Å². The van der Waals surface area contributed by atoms with Gasteiger partial charge in [0.05, 0.1) is 17.8 Å². The Bertz CT molecular complexity index is 1880. The van der Waals surface area contributed by atoms with Crippen molar-refractivity contribution < 1.29 is 14.4 Å². The molecule has 3 atom stereocenters.